The van der Waals surface area contributed by atoms with Crippen LogP contribution >= 0.6 is 0 Å². The van der Waals surface area contributed by atoms with Crippen molar-refractivity contribution < 1.29 is 0 Å². The van der Waals surface area contributed by atoms with Gasteiger partial charge in [0.25, 0.3) is 0 Å². The van der Waals surface area contributed by atoms with E-state index >= 15 is 0 Å². The van der Waals surface area contributed by atoms with Crippen LogP contribution in [0.3, 0.4) is 0 Å². The van der Waals surface area contributed by atoms with Gasteiger partial charge in [-0.2, -0.15) is 0 Å². The molecule has 56 valence electrons. The number of nitrogens with one attached hydrogen (secondary N) is 2. The summed E-state index contributed by atoms with van der Waals surface area (Å²) in [5.74, 6) is 2.32. The number of fused-ring (bicyclic) bond motifs is 1. The highest BCUT2D eigenvalue weighted by Gasteiger charge is 2.55. The van der Waals surface area contributed by atoms with Crippen LogP contribution in [0.2, 0.25) is 0 Å². The lowest BCUT2D eigenvalue weighted by Gasteiger charge is -2.25. The fourth-order valence-electron chi connectivity index (χ4n) is 2.23. The predicted molar refractivity (Wildman–Crippen MR) is 41.2 cm³/mol. The Balaban J connectivity index is 2.15. The van der Waals surface area contributed by atoms with Crippen LogP contribution in [-0.4, -0.2) is 11.4 Å². The van der Waals surface area contributed by atoms with Gasteiger partial charge < -0.3 is 5.32 Å². The summed E-state index contributed by atoms with van der Waals surface area (Å²) in [6.07, 6.45) is 2.23. The van der Waals surface area contributed by atoms with Gasteiger partial charge in [0.05, 0.1) is 5.84 Å². The van der Waals surface area contributed by atoms with Crippen molar-refractivity contribution >= 4 is 5.84 Å². The van der Waals surface area contributed by atoms with Gasteiger partial charge in [0.1, 0.15) is 0 Å². The number of hydrogen-bond donors (Lipinski definition) is 2. The molecule has 2 heteroatoms. The molecule has 0 aromatic rings. The van der Waals surface area contributed by atoms with Gasteiger partial charge in [-0.3, -0.25) is 5.41 Å². The first kappa shape index (κ1) is 6.20. The van der Waals surface area contributed by atoms with Crippen molar-refractivity contribution in [1.29, 1.82) is 5.41 Å². The van der Waals surface area contributed by atoms with Crippen LogP contribution in [0.1, 0.15) is 26.7 Å². The highest BCUT2D eigenvalue weighted by molar-refractivity contribution is 5.81. The van der Waals surface area contributed by atoms with E-state index in [4.69, 9.17) is 5.41 Å². The van der Waals surface area contributed by atoms with Crippen LogP contribution in [0.4, 0.5) is 0 Å². The lowest BCUT2D eigenvalue weighted by molar-refractivity contribution is 0.413. The minimum atomic E-state index is 0.314. The molecule has 1 heterocycles. The van der Waals surface area contributed by atoms with E-state index in [0.717, 1.165) is 24.1 Å². The van der Waals surface area contributed by atoms with Crippen molar-refractivity contribution in [2.45, 2.75) is 32.2 Å². The Kier molecular flexibility index (Phi) is 0.960. The summed E-state index contributed by atoms with van der Waals surface area (Å²) in [6, 6.07) is 0. The quantitative estimate of drug-likeness (QED) is 0.521. The van der Waals surface area contributed by atoms with E-state index in [9.17, 15) is 0 Å². The van der Waals surface area contributed by atoms with E-state index in [2.05, 4.69) is 19.2 Å². The minimum absolute atomic E-state index is 0.314. The standard InChI is InChI=1S/C8H14N2/c1-5-3-7(9)10-8(2)4-6(5)8/h5-6H,3-4H2,1-2H3,(H2,9,10)/t5?,6-,8+/m0/s1. The zero-order chi connectivity index (χ0) is 7.35. The smallest absolute Gasteiger partial charge is 0.0938 e. The van der Waals surface area contributed by atoms with Crippen molar-refractivity contribution in [2.24, 2.45) is 11.8 Å². The van der Waals surface area contributed by atoms with E-state index < -0.39 is 0 Å². The minimum Gasteiger partial charge on any atom is -0.369 e. The zero-order valence-electron chi connectivity index (χ0n) is 6.57. The third-order valence-electron chi connectivity index (χ3n) is 2.95. The van der Waals surface area contributed by atoms with Crippen LogP contribution in [0, 0.1) is 17.2 Å². The van der Waals surface area contributed by atoms with Crippen molar-refractivity contribution in [3.05, 3.63) is 0 Å². The second kappa shape index (κ2) is 1.55. The molecule has 0 aromatic carbocycles. The molecule has 0 spiro atoms. The summed E-state index contributed by atoms with van der Waals surface area (Å²) in [7, 11) is 0. The van der Waals surface area contributed by atoms with Gasteiger partial charge in [-0.15, -0.1) is 0 Å². The second-order valence-corrected chi connectivity index (χ2v) is 4.01. The Labute approximate surface area is 61.5 Å². The van der Waals surface area contributed by atoms with Crippen LogP contribution in [0.15, 0.2) is 0 Å². The maximum absolute atomic E-state index is 7.49. The first-order valence-electron chi connectivity index (χ1n) is 3.97. The molecule has 0 bridgehead atoms. The SMILES string of the molecule is CC1CC(=N)N[C@]2(C)C[C@@H]12. The Morgan fingerprint density at radius 1 is 1.70 bits per heavy atom. The normalized spacial score (nSPS) is 51.6. The Hall–Kier alpha value is -0.530. The maximum atomic E-state index is 7.49. The maximum Gasteiger partial charge on any atom is 0.0938 e. The van der Waals surface area contributed by atoms with Gasteiger partial charge in [0.15, 0.2) is 0 Å². The predicted octanol–water partition coefficient (Wildman–Crippen LogP) is 1.37. The molecule has 1 aliphatic heterocycles. The Bertz CT molecular complexity index is 188. The molecule has 1 unspecified atom stereocenters. The van der Waals surface area contributed by atoms with E-state index in [0.29, 0.717) is 5.54 Å². The van der Waals surface area contributed by atoms with Gasteiger partial charge in [0, 0.05) is 12.0 Å². The molecule has 2 N–H and O–H groups in total. The molecule has 1 saturated carbocycles. The fraction of sp³-hybridized carbons (Fsp3) is 0.875. The molecule has 1 aliphatic carbocycles. The average Bonchev–Trinajstić information content (AvgIpc) is 2.39. The monoisotopic (exact) mass is 138 g/mol. The van der Waals surface area contributed by atoms with Crippen LogP contribution in [-0.2, 0) is 0 Å². The number of rotatable bonds is 0. The van der Waals surface area contributed by atoms with Crippen LogP contribution in [0.5, 0.6) is 0 Å². The Morgan fingerprint density at radius 3 is 3.00 bits per heavy atom. The van der Waals surface area contributed by atoms with E-state index in [1.807, 2.05) is 0 Å². The third kappa shape index (κ3) is 0.678. The molecule has 3 atom stereocenters. The highest BCUT2D eigenvalue weighted by atomic mass is 15.1. The van der Waals surface area contributed by atoms with E-state index in [-0.39, 0.29) is 0 Å². The van der Waals surface area contributed by atoms with E-state index in [1.165, 1.54) is 6.42 Å². The zero-order valence-corrected chi connectivity index (χ0v) is 6.57. The molecule has 2 fully saturated rings. The fourth-order valence-corrected chi connectivity index (χ4v) is 2.23. The molecule has 0 radical (unpaired) electrons. The molecule has 1 saturated heterocycles. The van der Waals surface area contributed by atoms with Gasteiger partial charge in [-0.05, 0) is 25.2 Å². The van der Waals surface area contributed by atoms with Crippen molar-refractivity contribution in [3.8, 4) is 0 Å². The first-order valence-corrected chi connectivity index (χ1v) is 3.97. The van der Waals surface area contributed by atoms with Gasteiger partial charge >= 0.3 is 0 Å². The lowest BCUT2D eigenvalue weighted by atomic mass is 9.94. The number of amidine groups is 1. The third-order valence-corrected chi connectivity index (χ3v) is 2.95. The van der Waals surface area contributed by atoms with Crippen molar-refractivity contribution in [2.75, 3.05) is 0 Å². The number of hydrogen-bond acceptors (Lipinski definition) is 1. The second-order valence-electron chi connectivity index (χ2n) is 4.01. The summed E-state index contributed by atoms with van der Waals surface area (Å²) in [5.41, 5.74) is 0.314. The summed E-state index contributed by atoms with van der Waals surface area (Å²) >= 11 is 0. The van der Waals surface area contributed by atoms with Crippen molar-refractivity contribution in [1.82, 2.24) is 5.32 Å². The molecular formula is C8H14N2. The highest BCUT2D eigenvalue weighted by Crippen LogP contribution is 2.51. The molecule has 2 aliphatic rings. The molecule has 0 amide bonds. The summed E-state index contributed by atoms with van der Waals surface area (Å²) < 4.78 is 0. The van der Waals surface area contributed by atoms with Gasteiger partial charge in [0.2, 0.25) is 0 Å². The summed E-state index contributed by atoms with van der Waals surface area (Å²) in [5, 5.41) is 10.7. The first-order chi connectivity index (χ1) is 4.62. The van der Waals surface area contributed by atoms with Gasteiger partial charge in [-0.25, -0.2) is 0 Å². The van der Waals surface area contributed by atoms with Crippen molar-refractivity contribution in [3.63, 3.8) is 0 Å². The number of piperidine rings is 1. The average molecular weight is 138 g/mol. The Morgan fingerprint density at radius 2 is 2.40 bits per heavy atom. The molecular weight excluding hydrogens is 124 g/mol. The topological polar surface area (TPSA) is 35.9 Å². The van der Waals surface area contributed by atoms with Gasteiger partial charge in [-0.1, -0.05) is 6.92 Å². The molecule has 0 aromatic heterocycles. The summed E-state index contributed by atoms with van der Waals surface area (Å²) in [4.78, 5) is 0. The summed E-state index contributed by atoms with van der Waals surface area (Å²) in [6.45, 7) is 4.48. The largest absolute Gasteiger partial charge is 0.369 e. The molecule has 2 rings (SSSR count). The van der Waals surface area contributed by atoms with Crippen LogP contribution < -0.4 is 5.32 Å². The van der Waals surface area contributed by atoms with E-state index in [1.54, 1.807) is 0 Å². The molecule has 10 heavy (non-hydrogen) atoms. The lowest BCUT2D eigenvalue weighted by Crippen LogP contribution is -2.41. The molecule has 2 nitrogen and oxygen atoms in total. The van der Waals surface area contributed by atoms with Crippen LogP contribution in [0.25, 0.3) is 0 Å².